The van der Waals surface area contributed by atoms with Crippen molar-refractivity contribution in [3.05, 3.63) is 30.1 Å². The number of carbonyl (C=O) groups is 2. The van der Waals surface area contributed by atoms with E-state index >= 15 is 0 Å². The van der Waals surface area contributed by atoms with E-state index in [9.17, 15) is 9.59 Å². The van der Waals surface area contributed by atoms with Gasteiger partial charge in [0, 0.05) is 32.1 Å². The van der Waals surface area contributed by atoms with Gasteiger partial charge < -0.3 is 15.7 Å². The zero-order chi connectivity index (χ0) is 12.5. The Hall–Kier alpha value is -1.95. The van der Waals surface area contributed by atoms with E-state index in [1.54, 1.807) is 24.5 Å². The molecule has 17 heavy (non-hydrogen) atoms. The lowest BCUT2D eigenvalue weighted by molar-refractivity contribution is -0.139. The third-order valence-electron chi connectivity index (χ3n) is 2.00. The van der Waals surface area contributed by atoms with Gasteiger partial charge in [0.2, 0.25) is 0 Å². The van der Waals surface area contributed by atoms with Gasteiger partial charge in [-0.15, -0.1) is 0 Å². The van der Waals surface area contributed by atoms with Crippen LogP contribution in [0, 0.1) is 0 Å². The van der Waals surface area contributed by atoms with Crippen LogP contribution in [0.5, 0.6) is 0 Å². The number of aliphatic hydroxyl groups is 1. The minimum atomic E-state index is -0.692. The number of carbonyl (C=O) groups excluding carboxylic acids is 2. The normalized spacial score (nSPS) is 9.71. The highest BCUT2D eigenvalue weighted by Gasteiger charge is 2.11. The van der Waals surface area contributed by atoms with Gasteiger partial charge in [-0.1, -0.05) is 6.07 Å². The van der Waals surface area contributed by atoms with Crippen LogP contribution in [-0.4, -0.2) is 35.1 Å². The summed E-state index contributed by atoms with van der Waals surface area (Å²) in [5.41, 5.74) is 0.823. The molecule has 1 rings (SSSR count). The van der Waals surface area contributed by atoms with Crippen LogP contribution in [0.3, 0.4) is 0 Å². The topological polar surface area (TPSA) is 91.3 Å². The summed E-state index contributed by atoms with van der Waals surface area (Å²) >= 11 is 0. The highest BCUT2D eigenvalue weighted by molar-refractivity contribution is 6.35. The van der Waals surface area contributed by atoms with E-state index < -0.39 is 11.8 Å². The fourth-order valence-corrected chi connectivity index (χ4v) is 1.13. The first-order chi connectivity index (χ1) is 8.24. The van der Waals surface area contributed by atoms with Crippen LogP contribution in [0.25, 0.3) is 0 Å². The summed E-state index contributed by atoms with van der Waals surface area (Å²) in [6.07, 6.45) is 3.68. The molecule has 0 aliphatic rings. The molecule has 0 fully saturated rings. The van der Waals surface area contributed by atoms with Crippen LogP contribution < -0.4 is 10.6 Å². The average molecular weight is 237 g/mol. The molecule has 1 aromatic rings. The molecule has 92 valence electrons. The number of nitrogens with one attached hydrogen (secondary N) is 2. The summed E-state index contributed by atoms with van der Waals surface area (Å²) in [6, 6.07) is 3.56. The molecule has 0 atom stereocenters. The highest BCUT2D eigenvalue weighted by atomic mass is 16.3. The number of hydrogen-bond acceptors (Lipinski definition) is 4. The maximum Gasteiger partial charge on any atom is 0.309 e. The lowest BCUT2D eigenvalue weighted by Crippen LogP contribution is -2.40. The van der Waals surface area contributed by atoms with E-state index in [0.29, 0.717) is 6.42 Å². The molecular formula is C11H15N3O3. The molecule has 0 saturated heterocycles. The largest absolute Gasteiger partial charge is 0.396 e. The van der Waals surface area contributed by atoms with Crippen LogP contribution in [-0.2, 0) is 16.1 Å². The van der Waals surface area contributed by atoms with E-state index in [1.165, 1.54) is 0 Å². The molecule has 0 unspecified atom stereocenters. The van der Waals surface area contributed by atoms with E-state index in [1.807, 2.05) is 0 Å². The Morgan fingerprint density at radius 1 is 1.29 bits per heavy atom. The van der Waals surface area contributed by atoms with Crippen LogP contribution in [0.1, 0.15) is 12.0 Å². The molecule has 1 heterocycles. The van der Waals surface area contributed by atoms with E-state index in [2.05, 4.69) is 15.6 Å². The number of aliphatic hydroxyl groups excluding tert-OH is 1. The van der Waals surface area contributed by atoms with Gasteiger partial charge in [-0.3, -0.25) is 14.6 Å². The van der Waals surface area contributed by atoms with Crippen molar-refractivity contribution in [2.45, 2.75) is 13.0 Å². The summed E-state index contributed by atoms with van der Waals surface area (Å²) < 4.78 is 0. The van der Waals surface area contributed by atoms with Crippen molar-refractivity contribution in [3.8, 4) is 0 Å². The third kappa shape index (κ3) is 5.07. The highest BCUT2D eigenvalue weighted by Crippen LogP contribution is 1.93. The molecule has 0 radical (unpaired) electrons. The van der Waals surface area contributed by atoms with Crippen molar-refractivity contribution >= 4 is 11.8 Å². The molecule has 6 nitrogen and oxygen atoms in total. The maximum absolute atomic E-state index is 11.3. The van der Waals surface area contributed by atoms with Crippen molar-refractivity contribution in [2.24, 2.45) is 0 Å². The van der Waals surface area contributed by atoms with Crippen LogP contribution in [0.2, 0.25) is 0 Å². The number of amides is 2. The molecule has 3 N–H and O–H groups in total. The molecule has 0 bridgehead atoms. The first-order valence-corrected chi connectivity index (χ1v) is 5.30. The Morgan fingerprint density at radius 2 is 2.06 bits per heavy atom. The van der Waals surface area contributed by atoms with E-state index in [0.717, 1.165) is 5.56 Å². The second-order valence-electron chi connectivity index (χ2n) is 3.38. The summed E-state index contributed by atoms with van der Waals surface area (Å²) in [6.45, 7) is 0.535. The van der Waals surface area contributed by atoms with Crippen molar-refractivity contribution in [1.29, 1.82) is 0 Å². The monoisotopic (exact) mass is 237 g/mol. The second kappa shape index (κ2) is 7.34. The smallest absolute Gasteiger partial charge is 0.309 e. The van der Waals surface area contributed by atoms with Gasteiger partial charge in [0.1, 0.15) is 0 Å². The zero-order valence-electron chi connectivity index (χ0n) is 9.35. The third-order valence-corrected chi connectivity index (χ3v) is 2.00. The minimum Gasteiger partial charge on any atom is -0.396 e. The van der Waals surface area contributed by atoms with Gasteiger partial charge in [-0.2, -0.15) is 0 Å². The van der Waals surface area contributed by atoms with Crippen molar-refractivity contribution in [1.82, 2.24) is 15.6 Å². The van der Waals surface area contributed by atoms with E-state index in [4.69, 9.17) is 5.11 Å². The first kappa shape index (κ1) is 13.1. The number of hydrogen-bond donors (Lipinski definition) is 3. The van der Waals surface area contributed by atoms with Crippen LogP contribution in [0.4, 0.5) is 0 Å². The predicted molar refractivity (Wildman–Crippen MR) is 60.8 cm³/mol. The molecule has 2 amide bonds. The number of pyridine rings is 1. The first-order valence-electron chi connectivity index (χ1n) is 5.30. The van der Waals surface area contributed by atoms with Gasteiger partial charge in [0.15, 0.2) is 0 Å². The van der Waals surface area contributed by atoms with Gasteiger partial charge in [0.05, 0.1) is 0 Å². The van der Waals surface area contributed by atoms with Crippen LogP contribution in [0.15, 0.2) is 24.5 Å². The second-order valence-corrected chi connectivity index (χ2v) is 3.38. The number of rotatable bonds is 5. The lowest BCUT2D eigenvalue weighted by atomic mass is 10.3. The zero-order valence-corrected chi connectivity index (χ0v) is 9.35. The minimum absolute atomic E-state index is 0.0163. The predicted octanol–water partition coefficient (Wildman–Crippen LogP) is -0.804. The molecule has 6 heteroatoms. The fraction of sp³-hybridized carbons (Fsp3) is 0.364. The van der Waals surface area contributed by atoms with Crippen LogP contribution >= 0.6 is 0 Å². The van der Waals surface area contributed by atoms with Gasteiger partial charge in [0.25, 0.3) is 0 Å². The Kier molecular flexibility index (Phi) is 5.67. The summed E-state index contributed by atoms with van der Waals surface area (Å²) in [5.74, 6) is -1.38. The van der Waals surface area contributed by atoms with Gasteiger partial charge >= 0.3 is 11.8 Å². The molecule has 0 aliphatic heterocycles. The SMILES string of the molecule is O=C(NCCCO)C(=O)NCc1cccnc1. The Labute approximate surface area is 99.1 Å². The molecule has 0 aromatic carbocycles. The fourth-order valence-electron chi connectivity index (χ4n) is 1.13. The van der Waals surface area contributed by atoms with Crippen molar-refractivity contribution < 1.29 is 14.7 Å². The van der Waals surface area contributed by atoms with E-state index in [-0.39, 0.29) is 19.7 Å². The molecular weight excluding hydrogens is 222 g/mol. The summed E-state index contributed by atoms with van der Waals surface area (Å²) in [4.78, 5) is 26.4. The van der Waals surface area contributed by atoms with Gasteiger partial charge in [-0.05, 0) is 18.1 Å². The number of aromatic nitrogens is 1. The summed E-state index contributed by atoms with van der Waals surface area (Å²) in [7, 11) is 0. The Morgan fingerprint density at radius 3 is 2.71 bits per heavy atom. The number of nitrogens with zero attached hydrogens (tertiary/aromatic N) is 1. The standard InChI is InChI=1S/C11H15N3O3/c15-6-2-5-13-10(16)11(17)14-8-9-3-1-4-12-7-9/h1,3-4,7,15H,2,5-6,8H2,(H,13,16)(H,14,17). The quantitative estimate of drug-likeness (QED) is 0.461. The maximum atomic E-state index is 11.3. The summed E-state index contributed by atoms with van der Waals surface area (Å²) in [5, 5.41) is 13.4. The molecule has 1 aromatic heterocycles. The molecule has 0 aliphatic carbocycles. The lowest BCUT2D eigenvalue weighted by Gasteiger charge is -2.05. The van der Waals surface area contributed by atoms with Gasteiger partial charge in [-0.25, -0.2) is 0 Å². The Bertz CT molecular complexity index is 367. The molecule has 0 saturated carbocycles. The van der Waals surface area contributed by atoms with Crippen molar-refractivity contribution in [3.63, 3.8) is 0 Å². The van der Waals surface area contributed by atoms with Crippen molar-refractivity contribution in [2.75, 3.05) is 13.2 Å². The average Bonchev–Trinajstić information content (AvgIpc) is 2.37. The Balaban J connectivity index is 2.27. The molecule has 0 spiro atoms.